The zero-order valence-electron chi connectivity index (χ0n) is 7.42. The molecule has 0 aliphatic carbocycles. The molecule has 2 heteroatoms. The lowest BCUT2D eigenvalue weighted by Gasteiger charge is -1.89. The largest absolute Gasteiger partial charge is 0.355 e. The summed E-state index contributed by atoms with van der Waals surface area (Å²) < 4.78 is 0. The highest BCUT2D eigenvalue weighted by Crippen LogP contribution is 2.09. The van der Waals surface area contributed by atoms with Gasteiger partial charge in [-0.2, -0.15) is 0 Å². The molecule has 14 heavy (non-hydrogen) atoms. The fraction of sp³-hybridized carbons (Fsp3) is 0. The van der Waals surface area contributed by atoms with E-state index in [-0.39, 0.29) is 0 Å². The second kappa shape index (κ2) is 4.04. The van der Waals surface area contributed by atoms with Crippen LogP contribution in [0.25, 0.3) is 0 Å². The van der Waals surface area contributed by atoms with Crippen molar-refractivity contribution in [1.29, 1.82) is 0 Å². The molecule has 0 atom stereocenters. The standard InChI is InChI=1S/C12H8ClN/c13-11-4-1-3-10(9-11)6-7-12-5-2-8-14-12/h1-5,8-9,14H. The summed E-state index contributed by atoms with van der Waals surface area (Å²) in [7, 11) is 0. The van der Waals surface area contributed by atoms with E-state index in [1.165, 1.54) is 0 Å². The molecule has 0 unspecified atom stereocenters. The predicted molar refractivity (Wildman–Crippen MR) is 58.2 cm³/mol. The Bertz CT molecular complexity index is 475. The zero-order chi connectivity index (χ0) is 9.80. The van der Waals surface area contributed by atoms with Crippen molar-refractivity contribution in [3.63, 3.8) is 0 Å². The van der Waals surface area contributed by atoms with Crippen LogP contribution in [0.5, 0.6) is 0 Å². The zero-order valence-corrected chi connectivity index (χ0v) is 8.18. The first-order chi connectivity index (χ1) is 6.84. The molecule has 1 aromatic heterocycles. The van der Waals surface area contributed by atoms with Crippen LogP contribution in [0, 0.1) is 11.8 Å². The molecule has 0 saturated heterocycles. The molecule has 0 saturated carbocycles. The molecule has 0 amide bonds. The molecule has 1 nitrogen and oxygen atoms in total. The van der Waals surface area contributed by atoms with Crippen molar-refractivity contribution < 1.29 is 0 Å². The van der Waals surface area contributed by atoms with Crippen LogP contribution in [0.15, 0.2) is 42.6 Å². The van der Waals surface area contributed by atoms with Crippen molar-refractivity contribution in [3.8, 4) is 11.8 Å². The predicted octanol–water partition coefficient (Wildman–Crippen LogP) is 3.07. The van der Waals surface area contributed by atoms with E-state index in [1.54, 1.807) is 0 Å². The molecular formula is C12H8ClN. The van der Waals surface area contributed by atoms with Crippen LogP contribution in [0.2, 0.25) is 5.02 Å². The number of hydrogen-bond donors (Lipinski definition) is 1. The van der Waals surface area contributed by atoms with Gasteiger partial charge in [-0.3, -0.25) is 0 Å². The van der Waals surface area contributed by atoms with Crippen molar-refractivity contribution in [2.45, 2.75) is 0 Å². The minimum absolute atomic E-state index is 0.711. The Morgan fingerprint density at radius 2 is 2.00 bits per heavy atom. The van der Waals surface area contributed by atoms with Crippen molar-refractivity contribution in [2.24, 2.45) is 0 Å². The van der Waals surface area contributed by atoms with Crippen molar-refractivity contribution in [3.05, 3.63) is 58.9 Å². The lowest BCUT2D eigenvalue weighted by molar-refractivity contribution is 1.37. The van der Waals surface area contributed by atoms with Gasteiger partial charge in [0.1, 0.15) is 0 Å². The minimum atomic E-state index is 0.711. The van der Waals surface area contributed by atoms with E-state index in [0.29, 0.717) is 5.02 Å². The average molecular weight is 202 g/mol. The lowest BCUT2D eigenvalue weighted by atomic mass is 10.2. The normalized spacial score (nSPS) is 9.21. The summed E-state index contributed by atoms with van der Waals surface area (Å²) in [6.07, 6.45) is 1.85. The summed E-state index contributed by atoms with van der Waals surface area (Å²) >= 11 is 5.83. The Kier molecular flexibility index (Phi) is 2.58. The first-order valence-corrected chi connectivity index (χ1v) is 4.63. The summed E-state index contributed by atoms with van der Waals surface area (Å²) in [4.78, 5) is 3.02. The third kappa shape index (κ3) is 2.18. The molecule has 0 aliphatic heterocycles. The first-order valence-electron chi connectivity index (χ1n) is 4.25. The number of nitrogens with one attached hydrogen (secondary N) is 1. The van der Waals surface area contributed by atoms with Gasteiger partial charge in [0.2, 0.25) is 0 Å². The monoisotopic (exact) mass is 201 g/mol. The van der Waals surface area contributed by atoms with Gasteiger partial charge < -0.3 is 4.98 Å². The molecule has 2 aromatic rings. The van der Waals surface area contributed by atoms with E-state index in [9.17, 15) is 0 Å². The molecule has 0 aliphatic rings. The van der Waals surface area contributed by atoms with Gasteiger partial charge in [0.05, 0.1) is 5.69 Å². The smallest absolute Gasteiger partial charge is 0.0897 e. The molecule has 1 aromatic carbocycles. The molecule has 0 spiro atoms. The van der Waals surface area contributed by atoms with E-state index in [4.69, 9.17) is 11.6 Å². The Morgan fingerprint density at radius 1 is 1.07 bits per heavy atom. The second-order valence-corrected chi connectivity index (χ2v) is 3.28. The van der Waals surface area contributed by atoms with Crippen LogP contribution >= 0.6 is 11.6 Å². The van der Waals surface area contributed by atoms with Crippen LogP contribution in [0.1, 0.15) is 11.3 Å². The van der Waals surface area contributed by atoms with Gasteiger partial charge in [-0.25, -0.2) is 0 Å². The summed E-state index contributed by atoms with van der Waals surface area (Å²) in [5, 5.41) is 0.711. The second-order valence-electron chi connectivity index (χ2n) is 2.84. The van der Waals surface area contributed by atoms with E-state index in [2.05, 4.69) is 16.8 Å². The Morgan fingerprint density at radius 3 is 2.71 bits per heavy atom. The molecule has 0 fully saturated rings. The van der Waals surface area contributed by atoms with Gasteiger partial charge in [-0.05, 0) is 36.3 Å². The highest BCUT2D eigenvalue weighted by atomic mass is 35.5. The Labute approximate surface area is 87.7 Å². The quantitative estimate of drug-likeness (QED) is 0.631. The number of rotatable bonds is 0. The van der Waals surface area contributed by atoms with Crippen LogP contribution in [-0.4, -0.2) is 4.98 Å². The summed E-state index contributed by atoms with van der Waals surface area (Å²) in [5.41, 5.74) is 1.83. The van der Waals surface area contributed by atoms with Crippen LogP contribution in [0.4, 0.5) is 0 Å². The Balaban J connectivity index is 2.26. The molecule has 0 bridgehead atoms. The van der Waals surface area contributed by atoms with Gasteiger partial charge in [0.25, 0.3) is 0 Å². The third-order valence-electron chi connectivity index (χ3n) is 1.76. The topological polar surface area (TPSA) is 15.8 Å². The summed E-state index contributed by atoms with van der Waals surface area (Å²) in [6.45, 7) is 0. The van der Waals surface area contributed by atoms with Gasteiger partial charge >= 0.3 is 0 Å². The number of benzene rings is 1. The van der Waals surface area contributed by atoms with Gasteiger partial charge in [0.15, 0.2) is 0 Å². The van der Waals surface area contributed by atoms with E-state index in [1.807, 2.05) is 42.6 Å². The van der Waals surface area contributed by atoms with Gasteiger partial charge in [0, 0.05) is 16.8 Å². The lowest BCUT2D eigenvalue weighted by Crippen LogP contribution is -1.74. The first kappa shape index (κ1) is 8.93. The van der Waals surface area contributed by atoms with Crippen LogP contribution in [-0.2, 0) is 0 Å². The maximum atomic E-state index is 5.83. The average Bonchev–Trinajstić information content (AvgIpc) is 2.67. The van der Waals surface area contributed by atoms with Crippen molar-refractivity contribution in [2.75, 3.05) is 0 Å². The molecule has 2 rings (SSSR count). The van der Waals surface area contributed by atoms with Crippen LogP contribution < -0.4 is 0 Å². The number of aromatic nitrogens is 1. The molecule has 1 heterocycles. The molecular weight excluding hydrogens is 194 g/mol. The fourth-order valence-corrected chi connectivity index (χ4v) is 1.30. The number of halogens is 1. The van der Waals surface area contributed by atoms with E-state index < -0.39 is 0 Å². The highest BCUT2D eigenvalue weighted by Gasteiger charge is 1.88. The van der Waals surface area contributed by atoms with Gasteiger partial charge in [-0.1, -0.05) is 23.6 Å². The minimum Gasteiger partial charge on any atom is -0.355 e. The molecule has 1 N–H and O–H groups in total. The summed E-state index contributed by atoms with van der Waals surface area (Å²) in [6, 6.07) is 11.3. The SMILES string of the molecule is Clc1cccc(C#Cc2ccc[nH]2)c1. The molecule has 0 radical (unpaired) electrons. The van der Waals surface area contributed by atoms with E-state index in [0.717, 1.165) is 11.3 Å². The molecule has 68 valence electrons. The fourth-order valence-electron chi connectivity index (χ4n) is 1.11. The summed E-state index contributed by atoms with van der Waals surface area (Å²) in [5.74, 6) is 6.03. The van der Waals surface area contributed by atoms with Crippen LogP contribution in [0.3, 0.4) is 0 Å². The maximum Gasteiger partial charge on any atom is 0.0897 e. The van der Waals surface area contributed by atoms with Gasteiger partial charge in [-0.15, -0.1) is 0 Å². The number of H-pyrrole nitrogens is 1. The number of aromatic amines is 1. The van der Waals surface area contributed by atoms with Crippen molar-refractivity contribution in [1.82, 2.24) is 4.98 Å². The Hall–Kier alpha value is -1.65. The third-order valence-corrected chi connectivity index (χ3v) is 2.00. The highest BCUT2D eigenvalue weighted by molar-refractivity contribution is 6.30. The van der Waals surface area contributed by atoms with E-state index >= 15 is 0 Å². The van der Waals surface area contributed by atoms with Crippen molar-refractivity contribution >= 4 is 11.6 Å². The maximum absolute atomic E-state index is 5.83. The number of hydrogen-bond acceptors (Lipinski definition) is 0.